The van der Waals surface area contributed by atoms with Gasteiger partial charge in [-0.25, -0.2) is 4.79 Å². The maximum Gasteiger partial charge on any atom is 0.331 e. The van der Waals surface area contributed by atoms with Crippen LogP contribution in [0.1, 0.15) is 63.1 Å². The maximum atomic E-state index is 13.0. The second-order valence-corrected chi connectivity index (χ2v) is 7.81. The van der Waals surface area contributed by atoms with Crippen LogP contribution in [0.3, 0.4) is 0 Å². The van der Waals surface area contributed by atoms with Crippen molar-refractivity contribution in [3.8, 4) is 0 Å². The number of halogens is 1. The summed E-state index contributed by atoms with van der Waals surface area (Å²) < 4.78 is 10.7. The van der Waals surface area contributed by atoms with E-state index in [0.717, 1.165) is 42.4 Å². The van der Waals surface area contributed by atoms with Crippen LogP contribution >= 0.6 is 11.6 Å². The molecule has 0 spiro atoms. The number of esters is 1. The van der Waals surface area contributed by atoms with Crippen LogP contribution in [0.2, 0.25) is 5.02 Å². The number of aryl methyl sites for hydroxylation is 2. The molecule has 1 N–H and O–H groups in total. The van der Waals surface area contributed by atoms with E-state index in [0.29, 0.717) is 24.5 Å². The number of ether oxygens (including phenoxy) is 2. The molecule has 0 aliphatic heterocycles. The van der Waals surface area contributed by atoms with Crippen molar-refractivity contribution in [1.29, 1.82) is 0 Å². The summed E-state index contributed by atoms with van der Waals surface area (Å²) in [5.74, 6) is -0.504. The minimum Gasteiger partial charge on any atom is -0.464 e. The van der Waals surface area contributed by atoms with Gasteiger partial charge >= 0.3 is 5.97 Å². The van der Waals surface area contributed by atoms with Crippen LogP contribution in [-0.4, -0.2) is 37.2 Å². The van der Waals surface area contributed by atoms with E-state index in [9.17, 15) is 9.59 Å². The van der Waals surface area contributed by atoms with Crippen molar-refractivity contribution in [2.45, 2.75) is 77.4 Å². The molecule has 6 heteroatoms. The summed E-state index contributed by atoms with van der Waals surface area (Å²) in [5, 5.41) is 3.72. The van der Waals surface area contributed by atoms with E-state index in [1.807, 2.05) is 12.1 Å². The van der Waals surface area contributed by atoms with Crippen molar-refractivity contribution in [3.63, 3.8) is 0 Å². The smallest absolute Gasteiger partial charge is 0.331 e. The fraction of sp³-hybridized carbons (Fsp3) is 0.636. The van der Waals surface area contributed by atoms with Gasteiger partial charge in [-0.1, -0.05) is 25.4 Å². The highest BCUT2D eigenvalue weighted by molar-refractivity contribution is 6.30. The molecule has 2 rings (SSSR count). The number of rotatable bonds is 8. The molecular weight excluding hydrogens is 378 g/mol. The fourth-order valence-corrected chi connectivity index (χ4v) is 4.32. The van der Waals surface area contributed by atoms with E-state index in [4.69, 9.17) is 21.1 Å². The Kier molecular flexibility index (Phi) is 8.32. The standard InChI is InChI=1S/C22H32ClNO4/c1-5-15-12-17(23)13-16(6-2)19(15)14-20(25)24-22(21(26)28-7-3)10-8-18(27-4)9-11-22/h12-13,18H,5-11,14H2,1-4H3,(H,24,25). The monoisotopic (exact) mass is 409 g/mol. The van der Waals surface area contributed by atoms with Gasteiger partial charge in [0.15, 0.2) is 0 Å². The Bertz CT molecular complexity index is 671. The number of hydrogen-bond acceptors (Lipinski definition) is 4. The largest absolute Gasteiger partial charge is 0.464 e. The molecule has 0 bridgehead atoms. The van der Waals surface area contributed by atoms with Crippen LogP contribution in [0.4, 0.5) is 0 Å². The molecule has 1 amide bonds. The zero-order valence-corrected chi connectivity index (χ0v) is 18.2. The molecule has 0 unspecified atom stereocenters. The average Bonchev–Trinajstić information content (AvgIpc) is 2.69. The summed E-state index contributed by atoms with van der Waals surface area (Å²) in [6.07, 6.45) is 4.44. The number of carbonyl (C=O) groups is 2. The summed E-state index contributed by atoms with van der Waals surface area (Å²) >= 11 is 6.22. The highest BCUT2D eigenvalue weighted by Gasteiger charge is 2.44. The van der Waals surface area contributed by atoms with Crippen molar-refractivity contribution in [2.75, 3.05) is 13.7 Å². The van der Waals surface area contributed by atoms with Crippen molar-refractivity contribution in [3.05, 3.63) is 33.8 Å². The first-order chi connectivity index (χ1) is 13.4. The molecule has 0 aromatic heterocycles. The molecule has 1 saturated carbocycles. The zero-order chi connectivity index (χ0) is 20.7. The van der Waals surface area contributed by atoms with Crippen molar-refractivity contribution in [1.82, 2.24) is 5.32 Å². The summed E-state index contributed by atoms with van der Waals surface area (Å²) in [6.45, 7) is 6.18. The topological polar surface area (TPSA) is 64.6 Å². The Labute approximate surface area is 173 Å². The third-order valence-electron chi connectivity index (χ3n) is 5.66. The SMILES string of the molecule is CCOC(=O)C1(NC(=O)Cc2c(CC)cc(Cl)cc2CC)CCC(OC)CC1. The number of carbonyl (C=O) groups excluding carboxylic acids is 2. The number of amides is 1. The van der Waals surface area contributed by atoms with E-state index >= 15 is 0 Å². The van der Waals surface area contributed by atoms with Crippen molar-refractivity contribution < 1.29 is 19.1 Å². The van der Waals surface area contributed by atoms with E-state index in [2.05, 4.69) is 19.2 Å². The Morgan fingerprint density at radius 2 is 1.71 bits per heavy atom. The highest BCUT2D eigenvalue weighted by atomic mass is 35.5. The lowest BCUT2D eigenvalue weighted by atomic mass is 9.80. The predicted molar refractivity (Wildman–Crippen MR) is 111 cm³/mol. The third-order valence-corrected chi connectivity index (χ3v) is 5.88. The van der Waals surface area contributed by atoms with E-state index in [1.165, 1.54) is 0 Å². The van der Waals surface area contributed by atoms with Gasteiger partial charge in [-0.15, -0.1) is 0 Å². The van der Waals surface area contributed by atoms with Gasteiger partial charge < -0.3 is 14.8 Å². The quantitative estimate of drug-likeness (QED) is 0.659. The van der Waals surface area contributed by atoms with Gasteiger partial charge in [0, 0.05) is 12.1 Å². The molecule has 1 aromatic carbocycles. The first-order valence-corrected chi connectivity index (χ1v) is 10.6. The molecule has 1 aromatic rings. The van der Waals surface area contributed by atoms with Crippen molar-refractivity contribution >= 4 is 23.5 Å². The lowest BCUT2D eigenvalue weighted by molar-refractivity contribution is -0.156. The normalized spacial score (nSPS) is 22.0. The van der Waals surface area contributed by atoms with Crippen LogP contribution in [0, 0.1) is 0 Å². The van der Waals surface area contributed by atoms with Gasteiger partial charge in [-0.2, -0.15) is 0 Å². The fourth-order valence-electron chi connectivity index (χ4n) is 4.05. The minimum absolute atomic E-state index is 0.120. The highest BCUT2D eigenvalue weighted by Crippen LogP contribution is 2.32. The predicted octanol–water partition coefficient (Wildman–Crippen LogP) is 4.01. The van der Waals surface area contributed by atoms with Gasteiger partial charge in [0.25, 0.3) is 0 Å². The van der Waals surface area contributed by atoms with E-state index < -0.39 is 5.54 Å². The number of hydrogen-bond donors (Lipinski definition) is 1. The minimum atomic E-state index is -0.965. The van der Waals surface area contributed by atoms with Crippen LogP contribution in [-0.2, 0) is 38.3 Å². The summed E-state index contributed by atoms with van der Waals surface area (Å²) in [5.41, 5.74) is 2.20. The number of methoxy groups -OCH3 is 1. The number of benzene rings is 1. The molecule has 0 atom stereocenters. The van der Waals surface area contributed by atoms with Crippen LogP contribution in [0.5, 0.6) is 0 Å². The Morgan fingerprint density at radius 1 is 1.14 bits per heavy atom. The maximum absolute atomic E-state index is 13.0. The van der Waals surface area contributed by atoms with Gasteiger partial charge in [0.1, 0.15) is 5.54 Å². The molecule has 0 heterocycles. The molecule has 0 saturated heterocycles. The van der Waals surface area contributed by atoms with Crippen LogP contribution in [0.15, 0.2) is 12.1 Å². The molecule has 28 heavy (non-hydrogen) atoms. The summed E-state index contributed by atoms with van der Waals surface area (Å²) in [6, 6.07) is 3.85. The van der Waals surface area contributed by atoms with Crippen LogP contribution in [0.25, 0.3) is 0 Å². The lowest BCUT2D eigenvalue weighted by Gasteiger charge is -2.38. The molecule has 1 fully saturated rings. The molecule has 1 aliphatic rings. The van der Waals surface area contributed by atoms with Gasteiger partial charge in [-0.3, -0.25) is 4.79 Å². The Balaban J connectivity index is 2.22. The van der Waals surface area contributed by atoms with Crippen molar-refractivity contribution in [2.24, 2.45) is 0 Å². The van der Waals surface area contributed by atoms with E-state index in [1.54, 1.807) is 14.0 Å². The molecular formula is C22H32ClNO4. The van der Waals surface area contributed by atoms with Gasteiger partial charge in [-0.05, 0) is 74.3 Å². The Morgan fingerprint density at radius 3 is 2.18 bits per heavy atom. The molecule has 0 radical (unpaired) electrons. The first kappa shape index (κ1) is 22.7. The zero-order valence-electron chi connectivity index (χ0n) is 17.4. The summed E-state index contributed by atoms with van der Waals surface area (Å²) in [4.78, 5) is 25.7. The summed E-state index contributed by atoms with van der Waals surface area (Å²) in [7, 11) is 1.68. The van der Waals surface area contributed by atoms with E-state index in [-0.39, 0.29) is 24.4 Å². The molecule has 156 valence electrons. The van der Waals surface area contributed by atoms with Gasteiger partial charge in [0.2, 0.25) is 5.91 Å². The van der Waals surface area contributed by atoms with Gasteiger partial charge in [0.05, 0.1) is 19.1 Å². The second-order valence-electron chi connectivity index (χ2n) is 7.37. The Hall–Kier alpha value is -1.59. The lowest BCUT2D eigenvalue weighted by Crippen LogP contribution is -2.58. The molecule has 1 aliphatic carbocycles. The first-order valence-electron chi connectivity index (χ1n) is 10.2. The number of nitrogens with one attached hydrogen (secondary N) is 1. The molecule has 5 nitrogen and oxygen atoms in total. The third kappa shape index (κ3) is 5.26. The van der Waals surface area contributed by atoms with Crippen LogP contribution < -0.4 is 5.32 Å². The average molecular weight is 410 g/mol. The second kappa shape index (κ2) is 10.3.